The number of hydrogen-bond acceptors (Lipinski definition) is 5. The van der Waals surface area contributed by atoms with Gasteiger partial charge in [0.1, 0.15) is 6.54 Å². The minimum atomic E-state index is -0.463. The molecule has 1 saturated heterocycles. The van der Waals surface area contributed by atoms with Gasteiger partial charge >= 0.3 is 0 Å². The lowest BCUT2D eigenvalue weighted by Crippen LogP contribution is -2.36. The van der Waals surface area contributed by atoms with Crippen molar-refractivity contribution in [3.63, 3.8) is 0 Å². The molecule has 2 aromatic rings. The van der Waals surface area contributed by atoms with Crippen LogP contribution in [0.5, 0.6) is 0 Å². The first-order chi connectivity index (χ1) is 11.6. The molecule has 1 fully saturated rings. The number of hydrogen-bond donors (Lipinski definition) is 1. The Balaban J connectivity index is 1.68. The van der Waals surface area contributed by atoms with Crippen LogP contribution in [0.25, 0.3) is 6.08 Å². The predicted octanol–water partition coefficient (Wildman–Crippen LogP) is 2.76. The third-order valence-corrected chi connectivity index (χ3v) is 4.13. The highest BCUT2D eigenvalue weighted by Gasteiger charge is 2.36. The molecule has 7 heteroatoms. The fraction of sp³-hybridized carbons (Fsp3) is 0.0588. The molecular weight excluding hydrogens is 326 g/mol. The summed E-state index contributed by atoms with van der Waals surface area (Å²) in [4.78, 5) is 41.5. The Bertz CT molecular complexity index is 806. The summed E-state index contributed by atoms with van der Waals surface area (Å²) < 4.78 is 0. The van der Waals surface area contributed by atoms with Gasteiger partial charge in [-0.3, -0.25) is 24.3 Å². The van der Waals surface area contributed by atoms with Gasteiger partial charge in [-0.2, -0.15) is 0 Å². The second-order valence-electron chi connectivity index (χ2n) is 4.97. The highest BCUT2D eigenvalue weighted by atomic mass is 32.2. The van der Waals surface area contributed by atoms with Crippen LogP contribution in [0.2, 0.25) is 0 Å². The summed E-state index contributed by atoms with van der Waals surface area (Å²) in [5, 5.41) is 2.14. The maximum Gasteiger partial charge on any atom is 0.294 e. The minimum Gasteiger partial charge on any atom is -0.323 e. The molecule has 120 valence electrons. The summed E-state index contributed by atoms with van der Waals surface area (Å²) in [5.41, 5.74) is 1.33. The number of aromatic nitrogens is 1. The highest BCUT2D eigenvalue weighted by molar-refractivity contribution is 8.18. The molecule has 1 N–H and O–H groups in total. The molecule has 0 spiro atoms. The monoisotopic (exact) mass is 339 g/mol. The number of carbonyl (C=O) groups excluding carboxylic acids is 3. The van der Waals surface area contributed by atoms with Gasteiger partial charge in [-0.25, -0.2) is 0 Å². The molecule has 1 aliphatic heterocycles. The normalized spacial score (nSPS) is 15.8. The van der Waals surface area contributed by atoms with E-state index in [2.05, 4.69) is 10.3 Å². The second kappa shape index (κ2) is 7.10. The SMILES string of the molecule is O=C(CN1C(=O)S/C(=C\c2ccccc2)C1=O)Nc1cccnc1. The summed E-state index contributed by atoms with van der Waals surface area (Å²) >= 11 is 0.831. The summed E-state index contributed by atoms with van der Waals surface area (Å²) in [6.45, 7) is -0.328. The maximum absolute atomic E-state index is 12.3. The van der Waals surface area contributed by atoms with Gasteiger partial charge in [0.25, 0.3) is 11.1 Å². The van der Waals surface area contributed by atoms with Crippen LogP contribution in [-0.2, 0) is 9.59 Å². The van der Waals surface area contributed by atoms with Crippen molar-refractivity contribution >= 4 is 40.6 Å². The maximum atomic E-state index is 12.3. The van der Waals surface area contributed by atoms with E-state index in [0.29, 0.717) is 10.6 Å². The quantitative estimate of drug-likeness (QED) is 0.867. The molecule has 3 amide bonds. The number of anilines is 1. The van der Waals surface area contributed by atoms with Crippen LogP contribution in [0.3, 0.4) is 0 Å². The third kappa shape index (κ3) is 3.69. The van der Waals surface area contributed by atoms with Crippen LogP contribution < -0.4 is 5.32 Å². The smallest absolute Gasteiger partial charge is 0.294 e. The van der Waals surface area contributed by atoms with Crippen LogP contribution in [0.1, 0.15) is 5.56 Å². The molecule has 1 aromatic carbocycles. The van der Waals surface area contributed by atoms with E-state index < -0.39 is 17.1 Å². The zero-order chi connectivity index (χ0) is 16.9. The van der Waals surface area contributed by atoms with E-state index in [4.69, 9.17) is 0 Å². The van der Waals surface area contributed by atoms with Crippen molar-refractivity contribution in [2.75, 3.05) is 11.9 Å². The number of imide groups is 1. The van der Waals surface area contributed by atoms with Crippen LogP contribution in [0.4, 0.5) is 10.5 Å². The van der Waals surface area contributed by atoms with Crippen molar-refractivity contribution in [2.45, 2.75) is 0 Å². The lowest BCUT2D eigenvalue weighted by Gasteiger charge is -2.12. The van der Waals surface area contributed by atoms with Crippen molar-refractivity contribution in [1.29, 1.82) is 0 Å². The Kier molecular flexibility index (Phi) is 4.72. The van der Waals surface area contributed by atoms with Crippen molar-refractivity contribution in [3.05, 3.63) is 65.3 Å². The van der Waals surface area contributed by atoms with Gasteiger partial charge in [0.2, 0.25) is 5.91 Å². The summed E-state index contributed by atoms with van der Waals surface area (Å²) in [6.07, 6.45) is 4.71. The summed E-state index contributed by atoms with van der Waals surface area (Å²) in [5.74, 6) is -0.915. The average Bonchev–Trinajstić information content (AvgIpc) is 2.84. The number of nitrogens with one attached hydrogen (secondary N) is 1. The van der Waals surface area contributed by atoms with Gasteiger partial charge in [0.05, 0.1) is 16.8 Å². The van der Waals surface area contributed by atoms with Gasteiger partial charge in [-0.1, -0.05) is 30.3 Å². The second-order valence-corrected chi connectivity index (χ2v) is 5.96. The first-order valence-corrected chi connectivity index (χ1v) is 7.95. The molecular formula is C17H13N3O3S. The summed E-state index contributed by atoms with van der Waals surface area (Å²) in [7, 11) is 0. The molecule has 6 nitrogen and oxygen atoms in total. The molecule has 0 aliphatic carbocycles. The highest BCUT2D eigenvalue weighted by Crippen LogP contribution is 2.31. The van der Waals surface area contributed by atoms with Crippen LogP contribution in [-0.4, -0.2) is 33.5 Å². The number of rotatable bonds is 4. The number of carbonyl (C=O) groups is 3. The first kappa shape index (κ1) is 15.9. The molecule has 3 rings (SSSR count). The molecule has 0 saturated carbocycles. The number of thioether (sulfide) groups is 1. The van der Waals surface area contributed by atoms with E-state index in [9.17, 15) is 14.4 Å². The topological polar surface area (TPSA) is 79.4 Å². The van der Waals surface area contributed by atoms with Gasteiger partial charge in [-0.05, 0) is 35.5 Å². The molecule has 0 unspecified atom stereocenters. The Morgan fingerprint density at radius 1 is 1.17 bits per heavy atom. The zero-order valence-electron chi connectivity index (χ0n) is 12.5. The number of amides is 3. The Morgan fingerprint density at radius 3 is 2.67 bits per heavy atom. The van der Waals surface area contributed by atoms with Gasteiger partial charge in [0.15, 0.2) is 0 Å². The van der Waals surface area contributed by atoms with Crippen LogP contribution >= 0.6 is 11.8 Å². The van der Waals surface area contributed by atoms with E-state index in [1.807, 2.05) is 30.3 Å². The lowest BCUT2D eigenvalue weighted by molar-refractivity contribution is -0.127. The fourth-order valence-electron chi connectivity index (χ4n) is 2.12. The molecule has 24 heavy (non-hydrogen) atoms. The molecule has 1 aliphatic rings. The van der Waals surface area contributed by atoms with E-state index in [1.54, 1.807) is 24.4 Å². The third-order valence-electron chi connectivity index (χ3n) is 3.22. The molecule has 2 heterocycles. The van der Waals surface area contributed by atoms with E-state index in [1.165, 1.54) is 6.20 Å². The number of benzene rings is 1. The van der Waals surface area contributed by atoms with Gasteiger partial charge in [-0.15, -0.1) is 0 Å². The first-order valence-electron chi connectivity index (χ1n) is 7.14. The Hall–Kier alpha value is -2.93. The zero-order valence-corrected chi connectivity index (χ0v) is 13.3. The molecule has 0 radical (unpaired) electrons. The minimum absolute atomic E-state index is 0.306. The number of nitrogens with zero attached hydrogens (tertiary/aromatic N) is 2. The van der Waals surface area contributed by atoms with E-state index in [0.717, 1.165) is 22.2 Å². The van der Waals surface area contributed by atoms with Crippen molar-refractivity contribution < 1.29 is 14.4 Å². The van der Waals surface area contributed by atoms with E-state index >= 15 is 0 Å². The van der Waals surface area contributed by atoms with E-state index in [-0.39, 0.29) is 6.54 Å². The Labute approximate surface area is 142 Å². The van der Waals surface area contributed by atoms with Crippen molar-refractivity contribution in [1.82, 2.24) is 9.88 Å². The predicted molar refractivity (Wildman–Crippen MR) is 92.0 cm³/mol. The number of pyridine rings is 1. The summed E-state index contributed by atoms with van der Waals surface area (Å²) in [6, 6.07) is 12.6. The largest absolute Gasteiger partial charge is 0.323 e. The molecule has 0 bridgehead atoms. The van der Waals surface area contributed by atoms with Gasteiger partial charge in [0, 0.05) is 6.20 Å². The average molecular weight is 339 g/mol. The van der Waals surface area contributed by atoms with Crippen LogP contribution in [0.15, 0.2) is 59.8 Å². The Morgan fingerprint density at radius 2 is 1.96 bits per heavy atom. The lowest BCUT2D eigenvalue weighted by atomic mass is 10.2. The van der Waals surface area contributed by atoms with Crippen LogP contribution in [0, 0.1) is 0 Å². The van der Waals surface area contributed by atoms with Gasteiger partial charge < -0.3 is 5.32 Å². The standard InChI is InChI=1S/C17H13N3O3S/c21-15(19-13-7-4-8-18-10-13)11-20-16(22)14(24-17(20)23)9-12-5-2-1-3-6-12/h1-10H,11H2,(H,19,21)/b14-9-. The fourth-order valence-corrected chi connectivity index (χ4v) is 2.96. The van der Waals surface area contributed by atoms with Crippen molar-refractivity contribution in [2.24, 2.45) is 0 Å². The molecule has 1 aromatic heterocycles. The van der Waals surface area contributed by atoms with Crippen molar-refractivity contribution in [3.8, 4) is 0 Å². The molecule has 0 atom stereocenters.